The largest absolute Gasteiger partial charge is 0.452 e. The third-order valence-corrected chi connectivity index (χ3v) is 3.57. The molecule has 0 radical (unpaired) electrons. The summed E-state index contributed by atoms with van der Waals surface area (Å²) in [4.78, 5) is 27.4. The van der Waals surface area contributed by atoms with Crippen LogP contribution in [0.15, 0.2) is 41.1 Å². The van der Waals surface area contributed by atoms with Gasteiger partial charge in [0.05, 0.1) is 5.56 Å². The van der Waals surface area contributed by atoms with E-state index in [1.54, 1.807) is 30.5 Å². The van der Waals surface area contributed by atoms with Gasteiger partial charge in [0.25, 0.3) is 5.91 Å². The third kappa shape index (κ3) is 4.54. The van der Waals surface area contributed by atoms with Crippen molar-refractivity contribution in [2.75, 3.05) is 11.9 Å². The zero-order chi connectivity index (χ0) is 16.1. The molecule has 0 fully saturated rings. The van der Waals surface area contributed by atoms with Crippen LogP contribution in [0.4, 0.5) is 5.69 Å². The average Bonchev–Trinajstić information content (AvgIpc) is 2.48. The number of pyridine rings is 1. The molecule has 0 aliphatic rings. The minimum Gasteiger partial charge on any atom is -0.452 e. The van der Waals surface area contributed by atoms with Gasteiger partial charge < -0.3 is 10.1 Å². The SMILES string of the molecule is Cc1ccc(NC(=O)COC(=O)c2cncc(Br)c2)cc1Cl. The first kappa shape index (κ1) is 16.5. The van der Waals surface area contributed by atoms with Crippen LogP contribution in [-0.4, -0.2) is 23.5 Å². The Bertz CT molecular complexity index is 722. The molecule has 0 spiro atoms. The molecule has 1 amide bonds. The molecule has 2 aromatic rings. The molecule has 1 heterocycles. The number of carbonyl (C=O) groups is 2. The second-order valence-corrected chi connectivity index (χ2v) is 5.80. The number of carbonyl (C=O) groups excluding carboxylic acids is 2. The summed E-state index contributed by atoms with van der Waals surface area (Å²) >= 11 is 9.18. The highest BCUT2D eigenvalue weighted by atomic mass is 79.9. The Kier molecular flexibility index (Phi) is 5.51. The van der Waals surface area contributed by atoms with Crippen molar-refractivity contribution < 1.29 is 14.3 Å². The van der Waals surface area contributed by atoms with E-state index in [9.17, 15) is 9.59 Å². The Morgan fingerprint density at radius 3 is 2.77 bits per heavy atom. The minimum atomic E-state index is -0.620. The van der Waals surface area contributed by atoms with Crippen molar-refractivity contribution in [2.45, 2.75) is 6.92 Å². The molecule has 114 valence electrons. The fourth-order valence-electron chi connectivity index (χ4n) is 1.61. The summed E-state index contributed by atoms with van der Waals surface area (Å²) in [6, 6.07) is 6.71. The smallest absolute Gasteiger partial charge is 0.340 e. The summed E-state index contributed by atoms with van der Waals surface area (Å²) < 4.78 is 5.58. The highest BCUT2D eigenvalue weighted by Gasteiger charge is 2.11. The number of esters is 1. The number of hydrogen-bond acceptors (Lipinski definition) is 4. The number of nitrogens with zero attached hydrogens (tertiary/aromatic N) is 1. The maximum atomic E-state index is 11.8. The Balaban J connectivity index is 1.90. The molecule has 0 aliphatic carbocycles. The normalized spacial score (nSPS) is 10.1. The summed E-state index contributed by atoms with van der Waals surface area (Å²) in [5, 5.41) is 3.15. The van der Waals surface area contributed by atoms with E-state index in [1.807, 2.05) is 6.92 Å². The zero-order valence-electron chi connectivity index (χ0n) is 11.6. The molecule has 0 saturated carbocycles. The standard InChI is InChI=1S/C15H12BrClN2O3/c1-9-2-3-12(5-13(9)17)19-14(20)8-22-15(21)10-4-11(16)7-18-6-10/h2-7H,8H2,1H3,(H,19,20). The molecule has 22 heavy (non-hydrogen) atoms. The molecule has 0 aliphatic heterocycles. The van der Waals surface area contributed by atoms with Gasteiger partial charge in [-0.25, -0.2) is 4.79 Å². The van der Waals surface area contributed by atoms with Gasteiger partial charge in [0.1, 0.15) is 0 Å². The summed E-state index contributed by atoms with van der Waals surface area (Å²) in [5.41, 5.74) is 1.72. The number of aromatic nitrogens is 1. The summed E-state index contributed by atoms with van der Waals surface area (Å²) in [6.07, 6.45) is 2.91. The Morgan fingerprint density at radius 1 is 1.32 bits per heavy atom. The molecular weight excluding hydrogens is 372 g/mol. The van der Waals surface area contributed by atoms with Crippen molar-refractivity contribution in [1.29, 1.82) is 0 Å². The van der Waals surface area contributed by atoms with Crippen molar-refractivity contribution in [3.05, 3.63) is 57.3 Å². The molecule has 0 bridgehead atoms. The van der Waals surface area contributed by atoms with Gasteiger partial charge in [-0.2, -0.15) is 0 Å². The van der Waals surface area contributed by atoms with Gasteiger partial charge in [0.15, 0.2) is 6.61 Å². The van der Waals surface area contributed by atoms with E-state index < -0.39 is 18.5 Å². The van der Waals surface area contributed by atoms with Gasteiger partial charge in [-0.15, -0.1) is 0 Å². The first-order chi connectivity index (χ1) is 10.5. The molecule has 0 unspecified atom stereocenters. The predicted molar refractivity (Wildman–Crippen MR) is 87.0 cm³/mol. The van der Waals surface area contributed by atoms with Gasteiger partial charge in [0, 0.05) is 27.6 Å². The molecule has 0 saturated heterocycles. The van der Waals surface area contributed by atoms with E-state index in [0.29, 0.717) is 15.2 Å². The molecular formula is C15H12BrClN2O3. The summed E-state index contributed by atoms with van der Waals surface area (Å²) in [7, 11) is 0. The number of hydrogen-bond donors (Lipinski definition) is 1. The van der Waals surface area contributed by atoms with Gasteiger partial charge in [-0.3, -0.25) is 9.78 Å². The van der Waals surface area contributed by atoms with Crippen molar-refractivity contribution in [1.82, 2.24) is 4.98 Å². The van der Waals surface area contributed by atoms with E-state index in [1.165, 1.54) is 6.20 Å². The number of halogens is 2. The van der Waals surface area contributed by atoms with Crippen LogP contribution in [0.1, 0.15) is 15.9 Å². The van der Waals surface area contributed by atoms with Crippen LogP contribution in [0.5, 0.6) is 0 Å². The summed E-state index contributed by atoms with van der Waals surface area (Å²) in [6.45, 7) is 1.47. The van der Waals surface area contributed by atoms with Crippen LogP contribution in [-0.2, 0) is 9.53 Å². The molecule has 1 aromatic carbocycles. The number of nitrogens with one attached hydrogen (secondary N) is 1. The maximum absolute atomic E-state index is 11.8. The second kappa shape index (κ2) is 7.38. The first-order valence-corrected chi connectivity index (χ1v) is 7.46. The quantitative estimate of drug-likeness (QED) is 0.819. The van der Waals surface area contributed by atoms with E-state index in [-0.39, 0.29) is 5.56 Å². The van der Waals surface area contributed by atoms with E-state index in [4.69, 9.17) is 16.3 Å². The van der Waals surface area contributed by atoms with Crippen molar-refractivity contribution in [2.24, 2.45) is 0 Å². The number of anilines is 1. The fraction of sp³-hybridized carbons (Fsp3) is 0.133. The Morgan fingerprint density at radius 2 is 2.09 bits per heavy atom. The van der Waals surface area contributed by atoms with E-state index in [0.717, 1.165) is 5.56 Å². The van der Waals surface area contributed by atoms with Gasteiger partial charge in [-0.1, -0.05) is 17.7 Å². The van der Waals surface area contributed by atoms with Crippen molar-refractivity contribution >= 4 is 45.1 Å². The monoisotopic (exact) mass is 382 g/mol. The molecule has 7 heteroatoms. The topological polar surface area (TPSA) is 68.3 Å². The highest BCUT2D eigenvalue weighted by molar-refractivity contribution is 9.10. The Labute approximate surface area is 140 Å². The highest BCUT2D eigenvalue weighted by Crippen LogP contribution is 2.19. The van der Waals surface area contributed by atoms with Crippen LogP contribution in [0.25, 0.3) is 0 Å². The van der Waals surface area contributed by atoms with Crippen molar-refractivity contribution in [3.63, 3.8) is 0 Å². The lowest BCUT2D eigenvalue weighted by molar-refractivity contribution is -0.119. The van der Waals surface area contributed by atoms with Crippen LogP contribution in [0.3, 0.4) is 0 Å². The molecule has 2 rings (SSSR count). The van der Waals surface area contributed by atoms with E-state index in [2.05, 4.69) is 26.2 Å². The van der Waals surface area contributed by atoms with Crippen LogP contribution < -0.4 is 5.32 Å². The average molecular weight is 384 g/mol. The Hall–Kier alpha value is -1.92. The second-order valence-electron chi connectivity index (χ2n) is 4.48. The third-order valence-electron chi connectivity index (χ3n) is 2.73. The number of amides is 1. The van der Waals surface area contributed by atoms with Gasteiger partial charge in [0.2, 0.25) is 0 Å². The maximum Gasteiger partial charge on any atom is 0.340 e. The summed E-state index contributed by atoms with van der Waals surface area (Å²) in [5.74, 6) is -1.07. The fourth-order valence-corrected chi connectivity index (χ4v) is 2.15. The lowest BCUT2D eigenvalue weighted by atomic mass is 10.2. The van der Waals surface area contributed by atoms with Gasteiger partial charge in [-0.05, 0) is 46.6 Å². The lowest BCUT2D eigenvalue weighted by Gasteiger charge is -2.08. The van der Waals surface area contributed by atoms with E-state index >= 15 is 0 Å². The van der Waals surface area contributed by atoms with Crippen LogP contribution in [0, 0.1) is 6.92 Å². The molecule has 1 N–H and O–H groups in total. The number of ether oxygens (including phenoxy) is 1. The zero-order valence-corrected chi connectivity index (χ0v) is 13.9. The number of rotatable bonds is 4. The number of benzene rings is 1. The minimum absolute atomic E-state index is 0.264. The molecule has 1 aromatic heterocycles. The molecule has 5 nitrogen and oxygen atoms in total. The van der Waals surface area contributed by atoms with Gasteiger partial charge >= 0.3 is 5.97 Å². The van der Waals surface area contributed by atoms with Crippen LogP contribution in [0.2, 0.25) is 5.02 Å². The molecule has 0 atom stereocenters. The number of aryl methyl sites for hydroxylation is 1. The lowest BCUT2D eigenvalue weighted by Crippen LogP contribution is -2.21. The van der Waals surface area contributed by atoms with Crippen molar-refractivity contribution in [3.8, 4) is 0 Å². The first-order valence-electron chi connectivity index (χ1n) is 6.29. The predicted octanol–water partition coefficient (Wildman–Crippen LogP) is 3.60. The van der Waals surface area contributed by atoms with Crippen LogP contribution >= 0.6 is 27.5 Å².